The molecule has 70 valence electrons. The molecule has 1 unspecified atom stereocenters. The molecule has 1 nitrogen and oxygen atoms in total. The Kier molecular flexibility index (Phi) is 3.90. The van der Waals surface area contributed by atoms with Crippen LogP contribution in [0.25, 0.3) is 0 Å². The second kappa shape index (κ2) is 4.97. The predicted molar refractivity (Wildman–Crippen MR) is 60.7 cm³/mol. The molecule has 0 radical (unpaired) electrons. The van der Waals surface area contributed by atoms with Crippen molar-refractivity contribution in [1.82, 2.24) is 0 Å². The maximum absolute atomic E-state index is 5.63. The Hall–Kier alpha value is -0.890. The lowest BCUT2D eigenvalue weighted by molar-refractivity contribution is 0.665. The van der Waals surface area contributed by atoms with Gasteiger partial charge in [0.05, 0.1) is 4.99 Å². The molecule has 1 rings (SSSR count). The lowest BCUT2D eigenvalue weighted by Gasteiger charge is -2.12. The molecule has 1 aromatic rings. The molecule has 0 aliphatic rings. The highest BCUT2D eigenvalue weighted by Crippen LogP contribution is 2.11. The van der Waals surface area contributed by atoms with Gasteiger partial charge in [0, 0.05) is 5.92 Å². The Balaban J connectivity index is 2.62. The molecule has 0 amide bonds. The Morgan fingerprint density at radius 3 is 2.46 bits per heavy atom. The number of thiocarbonyl (C=S) groups is 1. The number of rotatable bonds is 4. The summed E-state index contributed by atoms with van der Waals surface area (Å²) >= 11 is 4.99. The lowest BCUT2D eigenvalue weighted by atomic mass is 9.97. The maximum atomic E-state index is 5.63. The summed E-state index contributed by atoms with van der Waals surface area (Å²) in [5.41, 5.74) is 6.93. The van der Waals surface area contributed by atoms with Gasteiger partial charge in [-0.3, -0.25) is 0 Å². The minimum absolute atomic E-state index is 0.345. The third-order valence-corrected chi connectivity index (χ3v) is 2.55. The molecule has 0 bridgehead atoms. The van der Waals surface area contributed by atoms with Crippen LogP contribution in [0.2, 0.25) is 0 Å². The molecule has 0 aliphatic heterocycles. The number of hydrogen-bond acceptors (Lipinski definition) is 1. The summed E-state index contributed by atoms with van der Waals surface area (Å²) in [5.74, 6) is 0.345. The summed E-state index contributed by atoms with van der Waals surface area (Å²) in [4.78, 5) is 0.631. The average Bonchev–Trinajstić information content (AvgIpc) is 2.15. The third-order valence-electron chi connectivity index (χ3n) is 2.22. The monoisotopic (exact) mass is 193 g/mol. The van der Waals surface area contributed by atoms with Crippen molar-refractivity contribution in [3.8, 4) is 0 Å². The second-order valence-electron chi connectivity index (χ2n) is 3.20. The first kappa shape index (κ1) is 10.2. The summed E-state index contributed by atoms with van der Waals surface area (Å²) in [5, 5.41) is 0. The van der Waals surface area contributed by atoms with E-state index in [1.165, 1.54) is 5.56 Å². The van der Waals surface area contributed by atoms with E-state index in [9.17, 15) is 0 Å². The van der Waals surface area contributed by atoms with Crippen LogP contribution >= 0.6 is 12.2 Å². The van der Waals surface area contributed by atoms with Gasteiger partial charge in [0.15, 0.2) is 0 Å². The van der Waals surface area contributed by atoms with Gasteiger partial charge < -0.3 is 5.73 Å². The maximum Gasteiger partial charge on any atom is 0.0761 e. The number of benzene rings is 1. The zero-order chi connectivity index (χ0) is 9.68. The van der Waals surface area contributed by atoms with Crippen molar-refractivity contribution in [2.75, 3.05) is 0 Å². The van der Waals surface area contributed by atoms with E-state index >= 15 is 0 Å². The molecule has 0 heterocycles. The van der Waals surface area contributed by atoms with Gasteiger partial charge in [-0.25, -0.2) is 0 Å². The van der Waals surface area contributed by atoms with Gasteiger partial charge in [-0.15, -0.1) is 0 Å². The first-order valence-corrected chi connectivity index (χ1v) is 4.98. The molecule has 1 atom stereocenters. The Morgan fingerprint density at radius 2 is 2.00 bits per heavy atom. The molecule has 2 heteroatoms. The van der Waals surface area contributed by atoms with Crippen LogP contribution in [0.3, 0.4) is 0 Å². The van der Waals surface area contributed by atoms with Crippen molar-refractivity contribution in [1.29, 1.82) is 0 Å². The summed E-state index contributed by atoms with van der Waals surface area (Å²) in [6.07, 6.45) is 1.98. The van der Waals surface area contributed by atoms with Crippen molar-refractivity contribution < 1.29 is 0 Å². The SMILES string of the molecule is CCC(Cc1ccccc1)C(N)=S. The molecule has 0 saturated heterocycles. The Morgan fingerprint density at radius 1 is 1.38 bits per heavy atom. The fourth-order valence-electron chi connectivity index (χ4n) is 1.34. The van der Waals surface area contributed by atoms with Gasteiger partial charge in [0.1, 0.15) is 0 Å². The zero-order valence-electron chi connectivity index (χ0n) is 7.86. The molecule has 0 aromatic heterocycles. The Labute approximate surface area is 85.0 Å². The van der Waals surface area contributed by atoms with Gasteiger partial charge in [0.2, 0.25) is 0 Å². The van der Waals surface area contributed by atoms with Gasteiger partial charge in [-0.05, 0) is 18.4 Å². The fraction of sp³-hybridized carbons (Fsp3) is 0.364. The van der Waals surface area contributed by atoms with Crippen LogP contribution in [0.1, 0.15) is 18.9 Å². The molecule has 13 heavy (non-hydrogen) atoms. The van der Waals surface area contributed by atoms with Crippen LogP contribution in [0.4, 0.5) is 0 Å². The topological polar surface area (TPSA) is 26.0 Å². The summed E-state index contributed by atoms with van der Waals surface area (Å²) in [6.45, 7) is 2.12. The van der Waals surface area contributed by atoms with Gasteiger partial charge in [-0.1, -0.05) is 49.5 Å². The lowest BCUT2D eigenvalue weighted by Crippen LogP contribution is -2.22. The van der Waals surface area contributed by atoms with E-state index < -0.39 is 0 Å². The summed E-state index contributed by atoms with van der Waals surface area (Å²) in [7, 11) is 0. The average molecular weight is 193 g/mol. The normalized spacial score (nSPS) is 12.4. The predicted octanol–water partition coefficient (Wildman–Crippen LogP) is 2.54. The van der Waals surface area contributed by atoms with Crippen LogP contribution in [0, 0.1) is 5.92 Å². The van der Waals surface area contributed by atoms with Crippen LogP contribution in [-0.4, -0.2) is 4.99 Å². The van der Waals surface area contributed by atoms with Gasteiger partial charge in [-0.2, -0.15) is 0 Å². The van der Waals surface area contributed by atoms with E-state index in [2.05, 4.69) is 19.1 Å². The fourth-order valence-corrected chi connectivity index (χ4v) is 1.59. The highest BCUT2D eigenvalue weighted by Gasteiger charge is 2.09. The van der Waals surface area contributed by atoms with Crippen LogP contribution in [0.15, 0.2) is 30.3 Å². The quantitative estimate of drug-likeness (QED) is 0.744. The molecule has 0 saturated carbocycles. The molecule has 2 N–H and O–H groups in total. The zero-order valence-corrected chi connectivity index (χ0v) is 8.68. The van der Waals surface area contributed by atoms with Crippen LogP contribution < -0.4 is 5.73 Å². The van der Waals surface area contributed by atoms with Crippen molar-refractivity contribution in [3.63, 3.8) is 0 Å². The molecule has 0 aliphatic carbocycles. The minimum Gasteiger partial charge on any atom is -0.393 e. The van der Waals surface area contributed by atoms with Crippen LogP contribution in [-0.2, 0) is 6.42 Å². The van der Waals surface area contributed by atoms with E-state index in [-0.39, 0.29) is 0 Å². The standard InChI is InChI=1S/C11H15NS/c1-2-10(11(12)13)8-9-6-4-3-5-7-9/h3-7,10H,2,8H2,1H3,(H2,12,13). The van der Waals surface area contributed by atoms with E-state index in [1.807, 2.05) is 18.2 Å². The summed E-state index contributed by atoms with van der Waals surface area (Å²) in [6, 6.07) is 10.3. The third kappa shape index (κ3) is 3.15. The van der Waals surface area contributed by atoms with Crippen molar-refractivity contribution in [2.24, 2.45) is 11.7 Å². The van der Waals surface area contributed by atoms with Crippen molar-refractivity contribution in [2.45, 2.75) is 19.8 Å². The van der Waals surface area contributed by atoms with E-state index in [1.54, 1.807) is 0 Å². The smallest absolute Gasteiger partial charge is 0.0761 e. The molecule has 0 fully saturated rings. The van der Waals surface area contributed by atoms with Gasteiger partial charge >= 0.3 is 0 Å². The number of hydrogen-bond donors (Lipinski definition) is 1. The molecular formula is C11H15NS. The molecular weight excluding hydrogens is 178 g/mol. The highest BCUT2D eigenvalue weighted by atomic mass is 32.1. The first-order valence-electron chi connectivity index (χ1n) is 4.57. The van der Waals surface area contributed by atoms with E-state index in [0.717, 1.165) is 12.8 Å². The number of nitrogens with two attached hydrogens (primary N) is 1. The molecule has 1 aromatic carbocycles. The van der Waals surface area contributed by atoms with Crippen molar-refractivity contribution in [3.05, 3.63) is 35.9 Å². The minimum atomic E-state index is 0.345. The summed E-state index contributed by atoms with van der Waals surface area (Å²) < 4.78 is 0. The second-order valence-corrected chi connectivity index (χ2v) is 3.67. The van der Waals surface area contributed by atoms with Gasteiger partial charge in [0.25, 0.3) is 0 Å². The Bertz CT molecular complexity index is 269. The van der Waals surface area contributed by atoms with E-state index in [0.29, 0.717) is 10.9 Å². The van der Waals surface area contributed by atoms with E-state index in [4.69, 9.17) is 18.0 Å². The molecule has 0 spiro atoms. The van der Waals surface area contributed by atoms with Crippen LogP contribution in [0.5, 0.6) is 0 Å². The van der Waals surface area contributed by atoms with Crippen molar-refractivity contribution >= 4 is 17.2 Å². The largest absolute Gasteiger partial charge is 0.393 e. The first-order chi connectivity index (χ1) is 6.24. The highest BCUT2D eigenvalue weighted by molar-refractivity contribution is 7.80.